The first kappa shape index (κ1) is 22.0. The van der Waals surface area contributed by atoms with Crippen LogP contribution in [0.4, 0.5) is 0 Å². The predicted octanol–water partition coefficient (Wildman–Crippen LogP) is 4.41. The molecule has 0 spiro atoms. The number of Topliss-reactive ketones (excluding diaryl/α,β-unsaturated/α-hetero) is 1. The van der Waals surface area contributed by atoms with E-state index in [4.69, 9.17) is 18.9 Å². The number of allylic oxidation sites excluding steroid dienone is 1. The molecule has 7 nitrogen and oxygen atoms in total. The summed E-state index contributed by atoms with van der Waals surface area (Å²) in [6, 6.07) is 7.12. The van der Waals surface area contributed by atoms with Crippen molar-refractivity contribution in [1.29, 1.82) is 0 Å². The van der Waals surface area contributed by atoms with E-state index in [0.717, 1.165) is 19.4 Å². The lowest BCUT2D eigenvalue weighted by Crippen LogP contribution is -2.36. The Morgan fingerprint density at radius 3 is 2.47 bits per heavy atom. The lowest BCUT2D eigenvalue weighted by atomic mass is 10.0. The van der Waals surface area contributed by atoms with Gasteiger partial charge in [-0.05, 0) is 62.2 Å². The van der Waals surface area contributed by atoms with Gasteiger partial charge in [0.1, 0.15) is 11.5 Å². The summed E-state index contributed by atoms with van der Waals surface area (Å²) in [5, 5.41) is 10.6. The van der Waals surface area contributed by atoms with Crippen LogP contribution in [0.5, 0.6) is 28.7 Å². The third kappa shape index (κ3) is 4.00. The number of ether oxygens (including phenoxy) is 4. The van der Waals surface area contributed by atoms with Gasteiger partial charge in [-0.1, -0.05) is 6.42 Å². The smallest absolute Gasteiger partial charge is 0.231 e. The molecule has 0 bridgehead atoms. The van der Waals surface area contributed by atoms with Crippen LogP contribution in [0.25, 0.3) is 6.08 Å². The molecule has 2 aliphatic heterocycles. The van der Waals surface area contributed by atoms with Crippen molar-refractivity contribution in [2.75, 3.05) is 27.9 Å². The lowest BCUT2D eigenvalue weighted by Gasteiger charge is -2.33. The van der Waals surface area contributed by atoms with E-state index >= 15 is 0 Å². The van der Waals surface area contributed by atoms with Crippen LogP contribution in [0.2, 0.25) is 0 Å². The van der Waals surface area contributed by atoms with E-state index in [0.29, 0.717) is 52.3 Å². The quantitative estimate of drug-likeness (QED) is 0.668. The lowest BCUT2D eigenvalue weighted by molar-refractivity contribution is 0.101. The number of fused-ring (bicyclic) bond motifs is 1. The van der Waals surface area contributed by atoms with Crippen LogP contribution in [0, 0.1) is 0 Å². The maximum absolute atomic E-state index is 13.1. The fourth-order valence-electron chi connectivity index (χ4n) is 4.38. The Labute approximate surface area is 188 Å². The van der Waals surface area contributed by atoms with Crippen molar-refractivity contribution in [3.63, 3.8) is 0 Å². The van der Waals surface area contributed by atoms with Gasteiger partial charge in [0.2, 0.25) is 11.5 Å². The largest absolute Gasteiger partial charge is 0.507 e. The molecule has 2 aromatic rings. The van der Waals surface area contributed by atoms with E-state index in [9.17, 15) is 9.90 Å². The molecular formula is C25H29NO6. The summed E-state index contributed by atoms with van der Waals surface area (Å²) in [6.45, 7) is 3.70. The first-order valence-corrected chi connectivity index (χ1v) is 10.8. The number of rotatable bonds is 6. The highest BCUT2D eigenvalue weighted by molar-refractivity contribution is 6.15. The van der Waals surface area contributed by atoms with Gasteiger partial charge in [0, 0.05) is 12.6 Å². The van der Waals surface area contributed by atoms with Gasteiger partial charge in [-0.2, -0.15) is 0 Å². The van der Waals surface area contributed by atoms with Crippen molar-refractivity contribution in [2.45, 2.75) is 38.8 Å². The Kier molecular flexibility index (Phi) is 6.28. The number of piperidine rings is 1. The Hall–Kier alpha value is -3.19. The zero-order valence-electron chi connectivity index (χ0n) is 18.9. The molecule has 2 aromatic carbocycles. The number of methoxy groups -OCH3 is 3. The second kappa shape index (κ2) is 9.12. The molecule has 32 heavy (non-hydrogen) atoms. The molecule has 1 saturated heterocycles. The molecule has 2 heterocycles. The summed E-state index contributed by atoms with van der Waals surface area (Å²) in [6.07, 6.45) is 5.12. The van der Waals surface area contributed by atoms with Crippen molar-refractivity contribution in [2.24, 2.45) is 0 Å². The molecule has 1 unspecified atom stereocenters. The van der Waals surface area contributed by atoms with E-state index in [1.807, 2.05) is 0 Å². The van der Waals surface area contributed by atoms with Crippen molar-refractivity contribution in [1.82, 2.24) is 4.90 Å². The zero-order valence-corrected chi connectivity index (χ0v) is 18.9. The van der Waals surface area contributed by atoms with Gasteiger partial charge in [0.05, 0.1) is 32.5 Å². The maximum Gasteiger partial charge on any atom is 0.231 e. The van der Waals surface area contributed by atoms with Crippen LogP contribution >= 0.6 is 0 Å². The van der Waals surface area contributed by atoms with Gasteiger partial charge in [0.15, 0.2) is 17.3 Å². The highest BCUT2D eigenvalue weighted by atomic mass is 16.5. The predicted molar refractivity (Wildman–Crippen MR) is 121 cm³/mol. The van der Waals surface area contributed by atoms with Gasteiger partial charge < -0.3 is 24.1 Å². The maximum atomic E-state index is 13.1. The van der Waals surface area contributed by atoms with E-state index in [1.54, 1.807) is 30.3 Å². The number of nitrogens with zero attached hydrogens (tertiary/aromatic N) is 1. The van der Waals surface area contributed by atoms with Crippen molar-refractivity contribution in [3.05, 3.63) is 46.7 Å². The minimum absolute atomic E-state index is 0.142. The Bertz CT molecular complexity index is 1040. The minimum atomic E-state index is -0.221. The second-order valence-electron chi connectivity index (χ2n) is 8.15. The van der Waals surface area contributed by atoms with E-state index < -0.39 is 0 Å². The number of likely N-dealkylation sites (tertiary alicyclic amines) is 1. The standard InChI is InChI=1S/C25H29NO6/c1-15-7-5-6-10-26(15)14-18-19(27)9-8-17-23(28)20(32-24(17)18)11-16-12-21(29-2)25(31-4)22(13-16)30-3/h8-9,11-13,15,27H,5-7,10,14H2,1-4H3/b20-11+. The van der Waals surface area contributed by atoms with Gasteiger partial charge >= 0.3 is 0 Å². The van der Waals surface area contributed by atoms with Gasteiger partial charge in [-0.15, -0.1) is 0 Å². The molecule has 0 aliphatic carbocycles. The molecule has 4 rings (SSSR count). The molecule has 0 radical (unpaired) electrons. The third-order valence-electron chi connectivity index (χ3n) is 6.20. The fourth-order valence-corrected chi connectivity index (χ4v) is 4.38. The Balaban J connectivity index is 1.68. The molecule has 0 aromatic heterocycles. The molecular weight excluding hydrogens is 410 g/mol. The van der Waals surface area contributed by atoms with E-state index in [2.05, 4.69) is 11.8 Å². The normalized spacial score (nSPS) is 19.6. The van der Waals surface area contributed by atoms with Gasteiger partial charge in [0.25, 0.3) is 0 Å². The number of aromatic hydroxyl groups is 1. The molecule has 1 fully saturated rings. The monoisotopic (exact) mass is 439 g/mol. The summed E-state index contributed by atoms with van der Waals surface area (Å²) in [4.78, 5) is 15.4. The van der Waals surface area contributed by atoms with Crippen LogP contribution in [0.15, 0.2) is 30.0 Å². The van der Waals surface area contributed by atoms with Crippen LogP contribution in [-0.2, 0) is 6.54 Å². The summed E-state index contributed by atoms with van der Waals surface area (Å²) >= 11 is 0. The number of hydrogen-bond donors (Lipinski definition) is 1. The summed E-state index contributed by atoms with van der Waals surface area (Å²) in [7, 11) is 4.62. The van der Waals surface area contributed by atoms with E-state index in [1.165, 1.54) is 27.8 Å². The molecule has 7 heteroatoms. The number of phenolic OH excluding ortho intramolecular Hbond substituents is 1. The van der Waals surface area contributed by atoms with Crippen molar-refractivity contribution < 1.29 is 28.8 Å². The van der Waals surface area contributed by atoms with Gasteiger partial charge in [-0.25, -0.2) is 0 Å². The third-order valence-corrected chi connectivity index (χ3v) is 6.20. The fraction of sp³-hybridized carbons (Fsp3) is 0.400. The minimum Gasteiger partial charge on any atom is -0.507 e. The van der Waals surface area contributed by atoms with Gasteiger partial charge in [-0.3, -0.25) is 9.69 Å². The van der Waals surface area contributed by atoms with Crippen LogP contribution in [-0.4, -0.2) is 49.7 Å². The average Bonchev–Trinajstić information content (AvgIpc) is 3.11. The molecule has 1 N–H and O–H groups in total. The Morgan fingerprint density at radius 1 is 1.12 bits per heavy atom. The second-order valence-corrected chi connectivity index (χ2v) is 8.15. The first-order chi connectivity index (χ1) is 15.5. The average molecular weight is 440 g/mol. The van der Waals surface area contributed by atoms with Crippen molar-refractivity contribution in [3.8, 4) is 28.7 Å². The Morgan fingerprint density at radius 2 is 1.84 bits per heavy atom. The topological polar surface area (TPSA) is 77.5 Å². The molecule has 170 valence electrons. The number of phenols is 1. The number of ketones is 1. The summed E-state index contributed by atoms with van der Waals surface area (Å²) < 4.78 is 22.2. The number of benzene rings is 2. The summed E-state index contributed by atoms with van der Waals surface area (Å²) in [5.74, 6) is 1.99. The van der Waals surface area contributed by atoms with Crippen LogP contribution < -0.4 is 18.9 Å². The number of hydrogen-bond acceptors (Lipinski definition) is 7. The highest BCUT2D eigenvalue weighted by Gasteiger charge is 2.32. The molecule has 1 atom stereocenters. The SMILES string of the molecule is COc1cc(/C=C2/Oc3c(ccc(O)c3CN3CCCCC3C)C2=O)cc(OC)c1OC. The molecule has 0 amide bonds. The number of carbonyl (C=O) groups excluding carboxylic acids is 1. The van der Waals surface area contributed by atoms with Crippen LogP contribution in [0.3, 0.4) is 0 Å². The number of carbonyl (C=O) groups is 1. The van der Waals surface area contributed by atoms with Crippen molar-refractivity contribution >= 4 is 11.9 Å². The zero-order chi connectivity index (χ0) is 22.8. The highest BCUT2D eigenvalue weighted by Crippen LogP contribution is 2.42. The molecule has 0 saturated carbocycles. The summed E-state index contributed by atoms with van der Waals surface area (Å²) in [5.41, 5.74) is 1.78. The van der Waals surface area contributed by atoms with Crippen LogP contribution in [0.1, 0.15) is 47.7 Å². The van der Waals surface area contributed by atoms with E-state index in [-0.39, 0.29) is 17.3 Å². The molecule has 2 aliphatic rings. The first-order valence-electron chi connectivity index (χ1n) is 10.8.